The molecule has 0 fully saturated rings. The van der Waals surface area contributed by atoms with E-state index in [2.05, 4.69) is 27.3 Å². The van der Waals surface area contributed by atoms with Gasteiger partial charge in [0.25, 0.3) is 0 Å². The van der Waals surface area contributed by atoms with E-state index < -0.39 is 0 Å². The maximum Gasteiger partial charge on any atom is 0.148 e. The zero-order valence-electron chi connectivity index (χ0n) is 14.9. The minimum Gasteiger partial charge on any atom is -0.280 e. The molecule has 0 N–H and O–H groups in total. The first kappa shape index (κ1) is 15.9. The molecule has 0 aliphatic carbocycles. The molecular formula is C22H17FN4. The summed E-state index contributed by atoms with van der Waals surface area (Å²) in [5.41, 5.74) is 5.41. The van der Waals surface area contributed by atoms with Gasteiger partial charge in [-0.1, -0.05) is 30.3 Å². The van der Waals surface area contributed by atoms with Crippen molar-refractivity contribution >= 4 is 0 Å². The Bertz CT molecular complexity index is 1150. The summed E-state index contributed by atoms with van der Waals surface area (Å²) in [6.07, 6.45) is 5.13. The van der Waals surface area contributed by atoms with Crippen LogP contribution in [0.25, 0.3) is 27.9 Å². The van der Waals surface area contributed by atoms with Crippen LogP contribution < -0.4 is 0 Å². The molecule has 1 aliphatic heterocycles. The lowest BCUT2D eigenvalue weighted by molar-refractivity contribution is 0.602. The first-order chi connectivity index (χ1) is 13.2. The zero-order chi connectivity index (χ0) is 18.4. The summed E-state index contributed by atoms with van der Waals surface area (Å²) in [7, 11) is 0. The van der Waals surface area contributed by atoms with Gasteiger partial charge >= 0.3 is 0 Å². The highest BCUT2D eigenvalue weighted by Gasteiger charge is 2.23. The second-order valence-corrected chi connectivity index (χ2v) is 6.79. The normalized spacial score (nSPS) is 12.5. The number of hydrogen-bond acceptors (Lipinski definition) is 3. The number of rotatable bonds is 2. The minimum absolute atomic E-state index is 0.253. The molecule has 0 saturated carbocycles. The van der Waals surface area contributed by atoms with Gasteiger partial charge in [-0.25, -0.2) is 4.39 Å². The molecule has 3 heterocycles. The summed E-state index contributed by atoms with van der Waals surface area (Å²) in [6, 6.07) is 15.8. The first-order valence-electron chi connectivity index (χ1n) is 8.95. The fraction of sp³-hybridized carbons (Fsp3) is 0.136. The number of aryl methyl sites for hydroxylation is 3. The molecular weight excluding hydrogens is 339 g/mol. The molecule has 2 aromatic carbocycles. The Morgan fingerprint density at radius 3 is 2.44 bits per heavy atom. The Hall–Kier alpha value is -3.34. The van der Waals surface area contributed by atoms with Crippen LogP contribution in [0.1, 0.15) is 17.2 Å². The highest BCUT2D eigenvalue weighted by molar-refractivity contribution is 5.73. The maximum absolute atomic E-state index is 15.1. The number of nitrogens with zero attached hydrogens (tertiary/aromatic N) is 4. The van der Waals surface area contributed by atoms with E-state index in [1.807, 2.05) is 48.0 Å². The standard InChI is InChI=1S/C22H17FN4/c1-14-25-26-21-8-7-16-9-17(11-20(23)22(16)27(14)21)19-10-18(12-24-13-19)15-5-3-2-4-6-15/h2-6,9-13H,7-8H2,1H3. The van der Waals surface area contributed by atoms with Gasteiger partial charge in [-0.2, -0.15) is 0 Å². The monoisotopic (exact) mass is 356 g/mol. The Morgan fingerprint density at radius 2 is 1.63 bits per heavy atom. The molecule has 0 spiro atoms. The third-order valence-corrected chi connectivity index (χ3v) is 5.05. The van der Waals surface area contributed by atoms with E-state index in [4.69, 9.17) is 0 Å². The Labute approximate surface area is 156 Å². The average molecular weight is 356 g/mol. The molecule has 132 valence electrons. The van der Waals surface area contributed by atoms with Crippen molar-refractivity contribution in [1.29, 1.82) is 0 Å². The van der Waals surface area contributed by atoms with Gasteiger partial charge in [0.1, 0.15) is 17.5 Å². The molecule has 4 aromatic rings. The van der Waals surface area contributed by atoms with Gasteiger partial charge in [0.15, 0.2) is 0 Å². The number of aromatic nitrogens is 4. The number of halogens is 1. The first-order valence-corrected chi connectivity index (χ1v) is 8.95. The molecule has 0 atom stereocenters. The van der Waals surface area contributed by atoms with Gasteiger partial charge in [-0.15, -0.1) is 10.2 Å². The second kappa shape index (κ2) is 6.13. The molecule has 5 heteroatoms. The van der Waals surface area contributed by atoms with Crippen LogP contribution in [0.2, 0.25) is 0 Å². The molecule has 0 amide bonds. The molecule has 5 rings (SSSR count). The van der Waals surface area contributed by atoms with Gasteiger partial charge in [0.2, 0.25) is 0 Å². The van der Waals surface area contributed by atoms with E-state index in [0.29, 0.717) is 11.5 Å². The van der Waals surface area contributed by atoms with Crippen molar-refractivity contribution in [3.63, 3.8) is 0 Å². The molecule has 0 saturated heterocycles. The van der Waals surface area contributed by atoms with Crippen LogP contribution in [0.3, 0.4) is 0 Å². The van der Waals surface area contributed by atoms with Crippen molar-refractivity contribution in [3.05, 3.63) is 84.0 Å². The fourth-order valence-corrected chi connectivity index (χ4v) is 3.76. The number of hydrogen-bond donors (Lipinski definition) is 0. The molecule has 1 aliphatic rings. The van der Waals surface area contributed by atoms with Gasteiger partial charge in [-0.3, -0.25) is 9.55 Å². The average Bonchev–Trinajstić information content (AvgIpc) is 3.09. The summed E-state index contributed by atoms with van der Waals surface area (Å²) in [5.74, 6) is 1.28. The van der Waals surface area contributed by atoms with Crippen LogP contribution >= 0.6 is 0 Å². The van der Waals surface area contributed by atoms with E-state index in [1.165, 1.54) is 0 Å². The predicted octanol–water partition coefficient (Wildman–Crippen LogP) is 4.54. The summed E-state index contributed by atoms with van der Waals surface area (Å²) >= 11 is 0. The molecule has 2 aromatic heterocycles. The topological polar surface area (TPSA) is 43.6 Å². The summed E-state index contributed by atoms with van der Waals surface area (Å²) in [4.78, 5) is 4.37. The van der Waals surface area contributed by atoms with Gasteiger partial charge in [0.05, 0.1) is 5.69 Å². The van der Waals surface area contributed by atoms with Crippen molar-refractivity contribution in [2.75, 3.05) is 0 Å². The predicted molar refractivity (Wildman–Crippen MR) is 102 cm³/mol. The quantitative estimate of drug-likeness (QED) is 0.529. The highest BCUT2D eigenvalue weighted by atomic mass is 19.1. The van der Waals surface area contributed by atoms with Gasteiger partial charge in [-0.05, 0) is 48.2 Å². The number of benzene rings is 2. The minimum atomic E-state index is -0.253. The Balaban J connectivity index is 1.62. The zero-order valence-corrected chi connectivity index (χ0v) is 14.9. The summed E-state index contributed by atoms with van der Waals surface area (Å²) in [6.45, 7) is 1.85. The van der Waals surface area contributed by atoms with Crippen LogP contribution in [0, 0.1) is 12.7 Å². The van der Waals surface area contributed by atoms with Crippen molar-refractivity contribution in [3.8, 4) is 27.9 Å². The largest absolute Gasteiger partial charge is 0.280 e. The van der Waals surface area contributed by atoms with E-state index in [-0.39, 0.29) is 5.82 Å². The SMILES string of the molecule is Cc1nnc2n1-c1c(F)cc(-c3cncc(-c4ccccc4)c3)cc1CC2. The van der Waals surface area contributed by atoms with Crippen molar-refractivity contribution in [1.82, 2.24) is 19.7 Å². The van der Waals surface area contributed by atoms with Crippen LogP contribution in [0.4, 0.5) is 4.39 Å². The smallest absolute Gasteiger partial charge is 0.148 e. The van der Waals surface area contributed by atoms with E-state index >= 15 is 4.39 Å². The van der Waals surface area contributed by atoms with E-state index in [0.717, 1.165) is 46.5 Å². The van der Waals surface area contributed by atoms with Crippen LogP contribution in [-0.4, -0.2) is 19.7 Å². The molecule has 0 unspecified atom stereocenters. The van der Waals surface area contributed by atoms with Crippen LogP contribution in [-0.2, 0) is 12.8 Å². The van der Waals surface area contributed by atoms with Crippen LogP contribution in [0.5, 0.6) is 0 Å². The third kappa shape index (κ3) is 2.63. The fourth-order valence-electron chi connectivity index (χ4n) is 3.76. The molecule has 4 nitrogen and oxygen atoms in total. The lowest BCUT2D eigenvalue weighted by atomic mass is 9.96. The van der Waals surface area contributed by atoms with Crippen molar-refractivity contribution in [2.24, 2.45) is 0 Å². The van der Waals surface area contributed by atoms with Crippen molar-refractivity contribution < 1.29 is 4.39 Å². The third-order valence-electron chi connectivity index (χ3n) is 5.05. The number of fused-ring (bicyclic) bond motifs is 3. The number of pyridine rings is 1. The summed E-state index contributed by atoms with van der Waals surface area (Å²) < 4.78 is 16.9. The Kier molecular flexibility index (Phi) is 3.60. The van der Waals surface area contributed by atoms with E-state index in [9.17, 15) is 0 Å². The highest BCUT2D eigenvalue weighted by Crippen LogP contribution is 2.33. The van der Waals surface area contributed by atoms with Gasteiger partial charge in [0, 0.05) is 29.9 Å². The van der Waals surface area contributed by atoms with Gasteiger partial charge < -0.3 is 0 Å². The second-order valence-electron chi connectivity index (χ2n) is 6.79. The molecule has 0 bridgehead atoms. The summed E-state index contributed by atoms with van der Waals surface area (Å²) in [5, 5.41) is 8.26. The molecule has 0 radical (unpaired) electrons. The lowest BCUT2D eigenvalue weighted by Gasteiger charge is -2.20. The molecule has 27 heavy (non-hydrogen) atoms. The Morgan fingerprint density at radius 1 is 0.852 bits per heavy atom. The van der Waals surface area contributed by atoms with E-state index in [1.54, 1.807) is 12.3 Å². The van der Waals surface area contributed by atoms with Crippen molar-refractivity contribution in [2.45, 2.75) is 19.8 Å². The lowest BCUT2D eigenvalue weighted by Crippen LogP contribution is -2.15. The van der Waals surface area contributed by atoms with Crippen LogP contribution in [0.15, 0.2) is 60.9 Å². The maximum atomic E-state index is 15.1.